The van der Waals surface area contributed by atoms with Crippen molar-refractivity contribution in [2.75, 3.05) is 47.4 Å². The van der Waals surface area contributed by atoms with Crippen molar-refractivity contribution in [3.63, 3.8) is 0 Å². The van der Waals surface area contributed by atoms with Gasteiger partial charge in [0.1, 0.15) is 0 Å². The van der Waals surface area contributed by atoms with Gasteiger partial charge in [-0.15, -0.1) is 0 Å². The first-order chi connectivity index (χ1) is 9.61. The Morgan fingerprint density at radius 1 is 1.35 bits per heavy atom. The highest BCUT2D eigenvalue weighted by Gasteiger charge is 2.35. The first-order valence-corrected chi connectivity index (χ1v) is 7.35. The Hall–Kier alpha value is -0.940. The SMILES string of the molecule is CNC(CO)(CN1CCC(N(C)C)C1)c1ccccc1. The second kappa shape index (κ2) is 6.68. The van der Waals surface area contributed by atoms with Crippen LogP contribution in [-0.4, -0.2) is 68.3 Å². The fraction of sp³-hybridized carbons (Fsp3) is 0.625. The second-order valence-corrected chi connectivity index (χ2v) is 6.00. The highest BCUT2D eigenvalue weighted by atomic mass is 16.3. The molecule has 0 aliphatic carbocycles. The maximum atomic E-state index is 9.97. The van der Waals surface area contributed by atoms with Gasteiger partial charge in [-0.05, 0) is 39.7 Å². The molecule has 1 fully saturated rings. The molecule has 0 spiro atoms. The number of nitrogens with zero attached hydrogens (tertiary/aromatic N) is 2. The Balaban J connectivity index is 2.11. The molecule has 1 heterocycles. The molecule has 1 aliphatic heterocycles. The van der Waals surface area contributed by atoms with Crippen molar-refractivity contribution in [1.29, 1.82) is 0 Å². The van der Waals surface area contributed by atoms with Crippen molar-refractivity contribution < 1.29 is 5.11 Å². The molecule has 1 aromatic carbocycles. The molecule has 0 saturated carbocycles. The standard InChI is InChI=1S/C16H27N3O/c1-17-16(13-20,14-7-5-4-6-8-14)12-19-10-9-15(11-19)18(2)3/h4-8,15,17,20H,9-13H2,1-3H3. The molecule has 2 N–H and O–H groups in total. The number of nitrogens with one attached hydrogen (secondary N) is 1. The summed E-state index contributed by atoms with van der Waals surface area (Å²) < 4.78 is 0. The van der Waals surface area contributed by atoms with Crippen LogP contribution in [0.25, 0.3) is 0 Å². The minimum absolute atomic E-state index is 0.108. The van der Waals surface area contributed by atoms with Crippen LogP contribution >= 0.6 is 0 Å². The zero-order valence-electron chi connectivity index (χ0n) is 12.8. The first-order valence-electron chi connectivity index (χ1n) is 7.35. The Morgan fingerprint density at radius 3 is 2.55 bits per heavy atom. The van der Waals surface area contributed by atoms with Crippen molar-refractivity contribution in [2.24, 2.45) is 0 Å². The van der Waals surface area contributed by atoms with E-state index in [9.17, 15) is 5.11 Å². The normalized spacial score (nSPS) is 23.1. The molecule has 1 aliphatic rings. The lowest BCUT2D eigenvalue weighted by Gasteiger charge is -2.36. The zero-order valence-corrected chi connectivity index (χ0v) is 12.8. The van der Waals surface area contributed by atoms with E-state index in [0.717, 1.165) is 25.2 Å². The molecule has 2 atom stereocenters. The van der Waals surface area contributed by atoms with Gasteiger partial charge in [0.15, 0.2) is 0 Å². The van der Waals surface area contributed by atoms with Gasteiger partial charge in [0.05, 0.1) is 12.1 Å². The van der Waals surface area contributed by atoms with Gasteiger partial charge in [-0.25, -0.2) is 0 Å². The Kier molecular flexibility index (Phi) is 5.16. The van der Waals surface area contributed by atoms with Crippen molar-refractivity contribution in [2.45, 2.75) is 18.0 Å². The number of aliphatic hydroxyl groups excluding tert-OH is 1. The monoisotopic (exact) mass is 277 g/mol. The average Bonchev–Trinajstić information content (AvgIpc) is 2.94. The van der Waals surface area contributed by atoms with Crippen molar-refractivity contribution in [3.8, 4) is 0 Å². The molecule has 20 heavy (non-hydrogen) atoms. The molecule has 2 rings (SSSR count). The molecular formula is C16H27N3O. The van der Waals surface area contributed by atoms with E-state index in [1.165, 1.54) is 6.42 Å². The Morgan fingerprint density at radius 2 is 2.05 bits per heavy atom. The smallest absolute Gasteiger partial charge is 0.0795 e. The van der Waals surface area contributed by atoms with Crippen LogP contribution in [0.5, 0.6) is 0 Å². The third-order valence-electron chi connectivity index (χ3n) is 4.55. The minimum Gasteiger partial charge on any atom is -0.394 e. The van der Waals surface area contributed by atoms with Crippen LogP contribution in [0.1, 0.15) is 12.0 Å². The predicted octanol–water partition coefficient (Wildman–Crippen LogP) is 0.730. The van der Waals surface area contributed by atoms with Crippen LogP contribution in [0, 0.1) is 0 Å². The van der Waals surface area contributed by atoms with E-state index in [-0.39, 0.29) is 12.1 Å². The minimum atomic E-state index is -0.373. The second-order valence-electron chi connectivity index (χ2n) is 6.00. The van der Waals surface area contributed by atoms with E-state index in [1.54, 1.807) is 0 Å². The van der Waals surface area contributed by atoms with Gasteiger partial charge < -0.3 is 15.3 Å². The maximum absolute atomic E-state index is 9.97. The summed E-state index contributed by atoms with van der Waals surface area (Å²) in [6, 6.07) is 10.9. The summed E-state index contributed by atoms with van der Waals surface area (Å²) in [5, 5.41) is 13.3. The number of hydrogen-bond donors (Lipinski definition) is 2. The number of benzene rings is 1. The molecule has 0 aromatic heterocycles. The van der Waals surface area contributed by atoms with Gasteiger partial charge in [-0.2, -0.15) is 0 Å². The third kappa shape index (κ3) is 3.20. The summed E-state index contributed by atoms with van der Waals surface area (Å²) >= 11 is 0. The van der Waals surface area contributed by atoms with Crippen LogP contribution in [0.3, 0.4) is 0 Å². The number of rotatable bonds is 6. The van der Waals surface area contributed by atoms with Crippen LogP contribution in [0.2, 0.25) is 0 Å². The van der Waals surface area contributed by atoms with Crippen molar-refractivity contribution in [3.05, 3.63) is 35.9 Å². The predicted molar refractivity (Wildman–Crippen MR) is 82.8 cm³/mol. The molecule has 0 radical (unpaired) electrons. The van der Waals surface area contributed by atoms with E-state index in [0.29, 0.717) is 6.04 Å². The maximum Gasteiger partial charge on any atom is 0.0795 e. The molecular weight excluding hydrogens is 250 g/mol. The van der Waals surface area contributed by atoms with Gasteiger partial charge in [-0.1, -0.05) is 30.3 Å². The Bertz CT molecular complexity index is 403. The van der Waals surface area contributed by atoms with Gasteiger partial charge in [0.25, 0.3) is 0 Å². The van der Waals surface area contributed by atoms with E-state index >= 15 is 0 Å². The van der Waals surface area contributed by atoms with Gasteiger partial charge in [-0.3, -0.25) is 4.90 Å². The largest absolute Gasteiger partial charge is 0.394 e. The topological polar surface area (TPSA) is 38.7 Å². The lowest BCUT2D eigenvalue weighted by molar-refractivity contribution is 0.120. The number of likely N-dealkylation sites (N-methyl/N-ethyl adjacent to an activating group) is 2. The molecule has 0 amide bonds. The Labute approximate surface area is 122 Å². The lowest BCUT2D eigenvalue weighted by atomic mass is 9.90. The fourth-order valence-electron chi connectivity index (χ4n) is 3.05. The highest BCUT2D eigenvalue weighted by molar-refractivity contribution is 5.25. The first kappa shape index (κ1) is 15.4. The summed E-state index contributed by atoms with van der Waals surface area (Å²) in [7, 11) is 6.22. The third-order valence-corrected chi connectivity index (χ3v) is 4.55. The van der Waals surface area contributed by atoms with Gasteiger partial charge >= 0.3 is 0 Å². The van der Waals surface area contributed by atoms with E-state index in [1.807, 2.05) is 25.2 Å². The molecule has 0 bridgehead atoms. The van der Waals surface area contributed by atoms with Crippen LogP contribution in [0.15, 0.2) is 30.3 Å². The average molecular weight is 277 g/mol. The van der Waals surface area contributed by atoms with E-state index < -0.39 is 0 Å². The lowest BCUT2D eigenvalue weighted by Crippen LogP contribution is -2.52. The summed E-state index contributed by atoms with van der Waals surface area (Å²) in [5.41, 5.74) is 0.779. The van der Waals surface area contributed by atoms with E-state index in [2.05, 4.69) is 41.3 Å². The van der Waals surface area contributed by atoms with Gasteiger partial charge in [0, 0.05) is 19.1 Å². The fourth-order valence-corrected chi connectivity index (χ4v) is 3.05. The summed E-state index contributed by atoms with van der Waals surface area (Å²) in [6.07, 6.45) is 1.20. The molecule has 4 nitrogen and oxygen atoms in total. The molecule has 2 unspecified atom stereocenters. The molecule has 112 valence electrons. The zero-order chi connectivity index (χ0) is 14.6. The number of likely N-dealkylation sites (tertiary alicyclic amines) is 1. The van der Waals surface area contributed by atoms with E-state index in [4.69, 9.17) is 0 Å². The highest BCUT2D eigenvalue weighted by Crippen LogP contribution is 2.24. The summed E-state index contributed by atoms with van der Waals surface area (Å²) in [6.45, 7) is 3.12. The quantitative estimate of drug-likeness (QED) is 0.804. The van der Waals surface area contributed by atoms with Crippen LogP contribution in [0.4, 0.5) is 0 Å². The molecule has 4 heteroatoms. The van der Waals surface area contributed by atoms with Gasteiger partial charge in [0.2, 0.25) is 0 Å². The van der Waals surface area contributed by atoms with Crippen molar-refractivity contribution in [1.82, 2.24) is 15.1 Å². The summed E-state index contributed by atoms with van der Waals surface area (Å²) in [5.74, 6) is 0. The number of hydrogen-bond acceptors (Lipinski definition) is 4. The molecule has 1 saturated heterocycles. The summed E-state index contributed by atoms with van der Waals surface area (Å²) in [4.78, 5) is 4.74. The van der Waals surface area contributed by atoms with Crippen LogP contribution in [-0.2, 0) is 5.54 Å². The van der Waals surface area contributed by atoms with Crippen molar-refractivity contribution >= 4 is 0 Å². The number of aliphatic hydroxyl groups is 1. The molecule has 1 aromatic rings. The van der Waals surface area contributed by atoms with Crippen LogP contribution < -0.4 is 5.32 Å².